The van der Waals surface area contributed by atoms with E-state index in [0.29, 0.717) is 18.6 Å². The predicted molar refractivity (Wildman–Crippen MR) is 77.0 cm³/mol. The third-order valence-corrected chi connectivity index (χ3v) is 3.60. The Balaban J connectivity index is 1.92. The molecule has 2 rings (SSSR count). The van der Waals surface area contributed by atoms with E-state index in [1.807, 2.05) is 17.0 Å². The molecule has 5 heteroatoms. The van der Waals surface area contributed by atoms with Crippen molar-refractivity contribution in [1.82, 2.24) is 10.2 Å². The molecule has 1 amide bonds. The average Bonchev–Trinajstić information content (AvgIpc) is 2.75. The van der Waals surface area contributed by atoms with Crippen LogP contribution in [0.1, 0.15) is 18.4 Å². The van der Waals surface area contributed by atoms with Gasteiger partial charge >= 0.3 is 0 Å². The Kier molecular flexibility index (Phi) is 5.24. The summed E-state index contributed by atoms with van der Waals surface area (Å²) >= 11 is 0. The molecule has 0 bridgehead atoms. The van der Waals surface area contributed by atoms with E-state index in [2.05, 4.69) is 5.32 Å². The molecule has 1 aliphatic rings. The van der Waals surface area contributed by atoms with Crippen LogP contribution >= 0.6 is 0 Å². The highest BCUT2D eigenvalue weighted by molar-refractivity contribution is 5.76. The van der Waals surface area contributed by atoms with E-state index in [4.69, 9.17) is 4.74 Å². The summed E-state index contributed by atoms with van der Waals surface area (Å²) in [4.78, 5) is 14.1. The van der Waals surface area contributed by atoms with Crippen LogP contribution in [-0.2, 0) is 11.2 Å². The minimum absolute atomic E-state index is 0.139. The quantitative estimate of drug-likeness (QED) is 0.867. The van der Waals surface area contributed by atoms with E-state index in [-0.39, 0.29) is 11.7 Å². The van der Waals surface area contributed by atoms with Gasteiger partial charge in [-0.05, 0) is 31.0 Å². The average molecular weight is 278 g/mol. The molecule has 1 aromatic carbocycles. The van der Waals surface area contributed by atoms with Crippen molar-refractivity contribution in [3.05, 3.63) is 23.8 Å². The number of phenols is 1. The molecule has 0 aliphatic carbocycles. The lowest BCUT2D eigenvalue weighted by molar-refractivity contribution is -0.130. The molecule has 5 nitrogen and oxygen atoms in total. The maximum absolute atomic E-state index is 12.2. The SMILES string of the molecule is COc1cccc(CCC(=O)N2CCCNCC2)c1O. The van der Waals surface area contributed by atoms with Crippen LogP contribution in [0.15, 0.2) is 18.2 Å². The second kappa shape index (κ2) is 7.14. The van der Waals surface area contributed by atoms with Gasteiger partial charge in [0.05, 0.1) is 7.11 Å². The van der Waals surface area contributed by atoms with E-state index in [0.717, 1.165) is 38.2 Å². The van der Waals surface area contributed by atoms with Crippen LogP contribution in [0.4, 0.5) is 0 Å². The molecule has 0 radical (unpaired) electrons. The van der Waals surface area contributed by atoms with Gasteiger partial charge in [0.2, 0.25) is 5.91 Å². The van der Waals surface area contributed by atoms with Gasteiger partial charge in [-0.3, -0.25) is 4.79 Å². The Labute approximate surface area is 119 Å². The third kappa shape index (κ3) is 3.63. The van der Waals surface area contributed by atoms with Gasteiger partial charge < -0.3 is 20.1 Å². The zero-order valence-electron chi connectivity index (χ0n) is 11.9. The Morgan fingerprint density at radius 3 is 3.05 bits per heavy atom. The first-order valence-corrected chi connectivity index (χ1v) is 7.05. The molecule has 2 N–H and O–H groups in total. The minimum atomic E-state index is 0.139. The van der Waals surface area contributed by atoms with Crippen molar-refractivity contribution in [3.8, 4) is 11.5 Å². The normalized spacial score (nSPS) is 15.8. The van der Waals surface area contributed by atoms with Crippen molar-refractivity contribution < 1.29 is 14.6 Å². The van der Waals surface area contributed by atoms with Crippen molar-refractivity contribution in [2.24, 2.45) is 0 Å². The van der Waals surface area contributed by atoms with E-state index < -0.39 is 0 Å². The fourth-order valence-electron chi connectivity index (χ4n) is 2.43. The van der Waals surface area contributed by atoms with E-state index in [1.54, 1.807) is 6.07 Å². The fourth-order valence-corrected chi connectivity index (χ4v) is 2.43. The number of benzene rings is 1. The smallest absolute Gasteiger partial charge is 0.222 e. The Morgan fingerprint density at radius 2 is 2.25 bits per heavy atom. The highest BCUT2D eigenvalue weighted by atomic mass is 16.5. The number of aromatic hydroxyl groups is 1. The Morgan fingerprint density at radius 1 is 1.40 bits per heavy atom. The predicted octanol–water partition coefficient (Wildman–Crippen LogP) is 1.16. The summed E-state index contributed by atoms with van der Waals surface area (Å²) in [5, 5.41) is 13.3. The number of methoxy groups -OCH3 is 1. The molecule has 0 spiro atoms. The van der Waals surface area contributed by atoms with Gasteiger partial charge in [-0.1, -0.05) is 12.1 Å². The number of rotatable bonds is 4. The molecular weight excluding hydrogens is 256 g/mol. The Hall–Kier alpha value is -1.75. The largest absolute Gasteiger partial charge is 0.504 e. The van der Waals surface area contributed by atoms with Gasteiger partial charge in [-0.25, -0.2) is 0 Å². The number of hydrogen-bond acceptors (Lipinski definition) is 4. The number of nitrogens with zero attached hydrogens (tertiary/aromatic N) is 1. The summed E-state index contributed by atoms with van der Waals surface area (Å²) < 4.78 is 5.07. The molecule has 1 saturated heterocycles. The lowest BCUT2D eigenvalue weighted by atomic mass is 10.1. The highest BCUT2D eigenvalue weighted by Gasteiger charge is 2.16. The second-order valence-electron chi connectivity index (χ2n) is 4.95. The summed E-state index contributed by atoms with van der Waals surface area (Å²) in [6, 6.07) is 5.37. The van der Waals surface area contributed by atoms with Gasteiger partial charge in [0.15, 0.2) is 11.5 Å². The molecule has 1 heterocycles. The fraction of sp³-hybridized carbons (Fsp3) is 0.533. The van der Waals surface area contributed by atoms with E-state index in [1.165, 1.54) is 7.11 Å². The summed E-state index contributed by atoms with van der Waals surface area (Å²) in [7, 11) is 1.52. The molecule has 1 aromatic rings. The van der Waals surface area contributed by atoms with Crippen LogP contribution in [0.25, 0.3) is 0 Å². The number of hydrogen-bond donors (Lipinski definition) is 2. The molecule has 20 heavy (non-hydrogen) atoms. The number of amides is 1. The first kappa shape index (κ1) is 14.7. The van der Waals surface area contributed by atoms with Gasteiger partial charge in [0.25, 0.3) is 0 Å². The van der Waals surface area contributed by atoms with Crippen molar-refractivity contribution >= 4 is 5.91 Å². The highest BCUT2D eigenvalue weighted by Crippen LogP contribution is 2.30. The molecule has 0 unspecified atom stereocenters. The molecule has 0 aromatic heterocycles. The number of phenolic OH excluding ortho intramolecular Hbond substituents is 1. The Bertz CT molecular complexity index is 454. The van der Waals surface area contributed by atoms with Gasteiger partial charge in [-0.15, -0.1) is 0 Å². The maximum atomic E-state index is 12.2. The lowest BCUT2D eigenvalue weighted by Gasteiger charge is -2.20. The number of carbonyl (C=O) groups excluding carboxylic acids is 1. The van der Waals surface area contributed by atoms with Crippen LogP contribution in [0.5, 0.6) is 11.5 Å². The molecule has 1 aliphatic heterocycles. The van der Waals surface area contributed by atoms with Crippen LogP contribution in [-0.4, -0.2) is 49.2 Å². The first-order chi connectivity index (χ1) is 9.72. The maximum Gasteiger partial charge on any atom is 0.222 e. The molecular formula is C15H22N2O3. The van der Waals surface area contributed by atoms with Gasteiger partial charge in [-0.2, -0.15) is 0 Å². The van der Waals surface area contributed by atoms with Gasteiger partial charge in [0, 0.05) is 26.1 Å². The van der Waals surface area contributed by atoms with Crippen molar-refractivity contribution in [2.75, 3.05) is 33.3 Å². The van der Waals surface area contributed by atoms with Crippen LogP contribution in [0, 0.1) is 0 Å². The monoisotopic (exact) mass is 278 g/mol. The second-order valence-corrected chi connectivity index (χ2v) is 4.95. The van der Waals surface area contributed by atoms with E-state index >= 15 is 0 Å². The zero-order valence-corrected chi connectivity index (χ0v) is 11.9. The number of ether oxygens (including phenoxy) is 1. The van der Waals surface area contributed by atoms with Crippen molar-refractivity contribution in [2.45, 2.75) is 19.3 Å². The summed E-state index contributed by atoms with van der Waals surface area (Å²) in [5.41, 5.74) is 0.755. The van der Waals surface area contributed by atoms with Crippen molar-refractivity contribution in [1.29, 1.82) is 0 Å². The van der Waals surface area contributed by atoms with Crippen LogP contribution < -0.4 is 10.1 Å². The summed E-state index contributed by atoms with van der Waals surface area (Å²) in [6.45, 7) is 3.41. The molecule has 0 atom stereocenters. The number of nitrogens with one attached hydrogen (secondary N) is 1. The van der Waals surface area contributed by atoms with Crippen molar-refractivity contribution in [3.63, 3.8) is 0 Å². The molecule has 110 valence electrons. The number of para-hydroxylation sites is 1. The van der Waals surface area contributed by atoms with Crippen LogP contribution in [0.2, 0.25) is 0 Å². The van der Waals surface area contributed by atoms with Crippen LogP contribution in [0.3, 0.4) is 0 Å². The number of carbonyl (C=O) groups is 1. The molecule has 1 fully saturated rings. The standard InChI is InChI=1S/C15H22N2O3/c1-20-13-5-2-4-12(15(13)19)6-7-14(18)17-10-3-8-16-9-11-17/h2,4-5,16,19H,3,6-11H2,1H3. The third-order valence-electron chi connectivity index (χ3n) is 3.60. The first-order valence-electron chi connectivity index (χ1n) is 7.05. The topological polar surface area (TPSA) is 61.8 Å². The summed E-state index contributed by atoms with van der Waals surface area (Å²) in [6.07, 6.45) is 1.95. The zero-order chi connectivity index (χ0) is 14.4. The van der Waals surface area contributed by atoms with E-state index in [9.17, 15) is 9.90 Å². The lowest BCUT2D eigenvalue weighted by Crippen LogP contribution is -2.34. The molecule has 0 saturated carbocycles. The van der Waals surface area contributed by atoms with Gasteiger partial charge in [0.1, 0.15) is 0 Å². The number of aryl methyl sites for hydroxylation is 1. The minimum Gasteiger partial charge on any atom is -0.504 e. The summed E-state index contributed by atoms with van der Waals surface area (Å²) in [5.74, 6) is 0.741.